The number of carbonyl (C=O) groups excluding carboxylic acids is 1. The lowest BCUT2D eigenvalue weighted by Gasteiger charge is -2.58. The molecule has 4 bridgehead atoms. The Morgan fingerprint density at radius 1 is 1.26 bits per heavy atom. The minimum atomic E-state index is -0.529. The van der Waals surface area contributed by atoms with Crippen LogP contribution in [0, 0.1) is 23.2 Å². The summed E-state index contributed by atoms with van der Waals surface area (Å²) in [5.74, 6) is 1.87. The third-order valence-electron chi connectivity index (χ3n) is 7.03. The van der Waals surface area contributed by atoms with Crippen molar-refractivity contribution in [2.45, 2.75) is 70.8 Å². The highest BCUT2D eigenvalue weighted by molar-refractivity contribution is 5.92. The SMILES string of the molecule is CC(C)(C)c1cc(C(=O)NC[C@@H](O)C23CC4CC(CC(C4)C2)C3)nc(=O)[nH]1. The molecule has 0 spiro atoms. The molecule has 4 saturated carbocycles. The van der Waals surface area contributed by atoms with Gasteiger partial charge >= 0.3 is 5.69 Å². The number of H-pyrrole nitrogens is 1. The normalized spacial score (nSPS) is 33.1. The Morgan fingerprint density at radius 2 is 1.81 bits per heavy atom. The van der Waals surface area contributed by atoms with E-state index in [1.807, 2.05) is 20.8 Å². The number of nitrogens with one attached hydrogen (secondary N) is 2. The van der Waals surface area contributed by atoms with Gasteiger partial charge in [0.15, 0.2) is 0 Å². The van der Waals surface area contributed by atoms with Crippen LogP contribution in [-0.2, 0) is 5.41 Å². The van der Waals surface area contributed by atoms with Crippen molar-refractivity contribution >= 4 is 5.91 Å². The summed E-state index contributed by atoms with van der Waals surface area (Å²) in [5.41, 5.74) is -0.0411. The van der Waals surface area contributed by atoms with Crippen LogP contribution in [0.5, 0.6) is 0 Å². The maximum Gasteiger partial charge on any atom is 0.345 e. The van der Waals surface area contributed by atoms with E-state index in [0.717, 1.165) is 37.0 Å². The van der Waals surface area contributed by atoms with Gasteiger partial charge in [-0.15, -0.1) is 0 Å². The lowest BCUT2D eigenvalue weighted by atomic mass is 9.48. The van der Waals surface area contributed by atoms with E-state index < -0.39 is 17.7 Å². The summed E-state index contributed by atoms with van der Waals surface area (Å²) in [6, 6.07) is 1.63. The predicted molar refractivity (Wildman–Crippen MR) is 103 cm³/mol. The third-order valence-corrected chi connectivity index (χ3v) is 7.03. The Bertz CT molecular complexity index is 757. The first-order valence-corrected chi connectivity index (χ1v) is 10.2. The lowest BCUT2D eigenvalue weighted by Crippen LogP contribution is -2.54. The van der Waals surface area contributed by atoms with E-state index in [4.69, 9.17) is 0 Å². The largest absolute Gasteiger partial charge is 0.391 e. The molecular weight excluding hydrogens is 342 g/mol. The minimum absolute atomic E-state index is 0.0276. The third kappa shape index (κ3) is 3.56. The second-order valence-corrected chi connectivity index (χ2v) is 10.2. The van der Waals surface area contributed by atoms with Gasteiger partial charge in [-0.25, -0.2) is 4.79 Å². The van der Waals surface area contributed by atoms with Crippen molar-refractivity contribution in [1.82, 2.24) is 15.3 Å². The first kappa shape index (κ1) is 18.7. The standard InChI is InChI=1S/C21H31N3O3/c1-20(2,3)16-7-15(23-19(27)24-16)18(26)22-11-17(25)21-8-12-4-13(9-21)6-14(5-12)10-21/h7,12-14,17,25H,4-6,8-11H2,1-3H3,(H,22,26)(H,23,24,27)/t12?,13?,14?,17-,21?/m1/s1. The number of aliphatic hydroxyl groups is 1. The van der Waals surface area contributed by atoms with Crippen LogP contribution in [0.3, 0.4) is 0 Å². The number of amides is 1. The Morgan fingerprint density at radius 3 is 2.33 bits per heavy atom. The molecule has 0 aliphatic heterocycles. The molecule has 4 aliphatic rings. The number of hydrogen-bond donors (Lipinski definition) is 3. The number of aromatic nitrogens is 2. The second-order valence-electron chi connectivity index (χ2n) is 10.2. The number of rotatable bonds is 4. The molecule has 0 radical (unpaired) electrons. The zero-order valence-electron chi connectivity index (χ0n) is 16.5. The summed E-state index contributed by atoms with van der Waals surface area (Å²) in [5, 5.41) is 13.8. The van der Waals surface area contributed by atoms with Crippen molar-refractivity contribution in [3.63, 3.8) is 0 Å². The zero-order valence-corrected chi connectivity index (χ0v) is 16.5. The molecule has 4 aliphatic carbocycles. The van der Waals surface area contributed by atoms with Crippen molar-refractivity contribution in [3.05, 3.63) is 27.9 Å². The monoisotopic (exact) mass is 373 g/mol. The van der Waals surface area contributed by atoms with E-state index in [1.165, 1.54) is 19.3 Å². The quantitative estimate of drug-likeness (QED) is 0.755. The van der Waals surface area contributed by atoms with Gasteiger partial charge in [-0.1, -0.05) is 20.8 Å². The van der Waals surface area contributed by atoms with Crippen LogP contribution in [0.2, 0.25) is 0 Å². The molecule has 3 N–H and O–H groups in total. The van der Waals surface area contributed by atoms with Crippen LogP contribution in [0.1, 0.15) is 75.5 Å². The molecule has 6 heteroatoms. The van der Waals surface area contributed by atoms with Crippen molar-refractivity contribution in [1.29, 1.82) is 0 Å². The van der Waals surface area contributed by atoms with E-state index >= 15 is 0 Å². The van der Waals surface area contributed by atoms with Crippen LogP contribution in [0.4, 0.5) is 0 Å². The van der Waals surface area contributed by atoms with E-state index in [-0.39, 0.29) is 23.1 Å². The molecule has 27 heavy (non-hydrogen) atoms. The first-order valence-electron chi connectivity index (χ1n) is 10.2. The summed E-state index contributed by atoms with van der Waals surface area (Å²) in [6.07, 6.45) is 6.72. The van der Waals surface area contributed by atoms with Gasteiger partial charge in [-0.3, -0.25) is 4.79 Å². The highest BCUT2D eigenvalue weighted by Crippen LogP contribution is 2.61. The Kier molecular flexibility index (Phi) is 4.45. The molecule has 6 nitrogen and oxygen atoms in total. The Labute approximate surface area is 160 Å². The Hall–Kier alpha value is -1.69. The van der Waals surface area contributed by atoms with Crippen molar-refractivity contribution in [2.75, 3.05) is 6.54 Å². The second kappa shape index (κ2) is 6.43. The fraction of sp³-hybridized carbons (Fsp3) is 0.762. The molecule has 0 unspecified atom stereocenters. The summed E-state index contributed by atoms with van der Waals surface area (Å²) < 4.78 is 0. The van der Waals surface area contributed by atoms with Crippen molar-refractivity contribution < 1.29 is 9.90 Å². The molecule has 0 saturated heterocycles. The van der Waals surface area contributed by atoms with E-state index in [1.54, 1.807) is 6.07 Å². The molecule has 1 heterocycles. The van der Waals surface area contributed by atoms with Gasteiger partial charge in [0, 0.05) is 17.7 Å². The summed E-state index contributed by atoms with van der Waals surface area (Å²) in [6.45, 7) is 6.13. The zero-order chi connectivity index (χ0) is 19.4. The predicted octanol–water partition coefficient (Wildman–Crippen LogP) is 2.37. The Balaban J connectivity index is 1.44. The molecule has 5 rings (SSSR count). The highest BCUT2D eigenvalue weighted by Gasteiger charge is 2.53. The summed E-state index contributed by atoms with van der Waals surface area (Å²) in [7, 11) is 0. The van der Waals surface area contributed by atoms with Crippen LogP contribution in [-0.4, -0.2) is 33.6 Å². The highest BCUT2D eigenvalue weighted by atomic mass is 16.3. The van der Waals surface area contributed by atoms with E-state index in [9.17, 15) is 14.7 Å². The molecule has 1 aromatic heterocycles. The average Bonchev–Trinajstić information content (AvgIpc) is 2.56. The van der Waals surface area contributed by atoms with Crippen molar-refractivity contribution in [3.8, 4) is 0 Å². The van der Waals surface area contributed by atoms with Gasteiger partial charge < -0.3 is 15.4 Å². The van der Waals surface area contributed by atoms with E-state index in [0.29, 0.717) is 5.69 Å². The molecule has 0 aromatic carbocycles. The van der Waals surface area contributed by atoms with Crippen LogP contribution >= 0.6 is 0 Å². The smallest absolute Gasteiger partial charge is 0.345 e. The minimum Gasteiger partial charge on any atom is -0.391 e. The summed E-state index contributed by atoms with van der Waals surface area (Å²) >= 11 is 0. The number of carbonyl (C=O) groups is 1. The lowest BCUT2D eigenvalue weighted by molar-refractivity contribution is -0.118. The molecular formula is C21H31N3O3. The van der Waals surface area contributed by atoms with Crippen LogP contribution < -0.4 is 11.0 Å². The molecule has 1 atom stereocenters. The van der Waals surface area contributed by atoms with Crippen molar-refractivity contribution in [2.24, 2.45) is 23.2 Å². The number of aliphatic hydroxyl groups excluding tert-OH is 1. The number of aromatic amines is 1. The average molecular weight is 373 g/mol. The van der Waals surface area contributed by atoms with Gasteiger partial charge in [0.1, 0.15) is 5.69 Å². The maximum absolute atomic E-state index is 12.6. The van der Waals surface area contributed by atoms with Gasteiger partial charge in [0.25, 0.3) is 5.91 Å². The number of nitrogens with zero attached hydrogens (tertiary/aromatic N) is 1. The molecule has 1 aromatic rings. The number of hydrogen-bond acceptors (Lipinski definition) is 4. The molecule has 1 amide bonds. The summed E-state index contributed by atoms with van der Waals surface area (Å²) in [4.78, 5) is 30.9. The van der Waals surface area contributed by atoms with Gasteiger partial charge in [0.05, 0.1) is 6.10 Å². The van der Waals surface area contributed by atoms with Gasteiger partial charge in [-0.05, 0) is 67.8 Å². The topological polar surface area (TPSA) is 95.1 Å². The fourth-order valence-corrected chi connectivity index (χ4v) is 6.06. The van der Waals surface area contributed by atoms with E-state index in [2.05, 4.69) is 15.3 Å². The molecule has 4 fully saturated rings. The molecule has 148 valence electrons. The first-order chi connectivity index (χ1) is 12.6. The van der Waals surface area contributed by atoms with Crippen LogP contribution in [0.25, 0.3) is 0 Å². The fourth-order valence-electron chi connectivity index (χ4n) is 6.06. The van der Waals surface area contributed by atoms with Gasteiger partial charge in [0.2, 0.25) is 0 Å². The van der Waals surface area contributed by atoms with Gasteiger partial charge in [-0.2, -0.15) is 4.98 Å². The van der Waals surface area contributed by atoms with Crippen LogP contribution in [0.15, 0.2) is 10.9 Å². The maximum atomic E-state index is 12.6.